The average molecular weight is 379 g/mol. The zero-order valence-corrected chi connectivity index (χ0v) is 15.0. The quantitative estimate of drug-likeness (QED) is 0.637. The summed E-state index contributed by atoms with van der Waals surface area (Å²) in [6, 6.07) is 12.7. The van der Waals surface area contributed by atoms with Crippen molar-refractivity contribution in [1.29, 1.82) is 0 Å². The second-order valence-electron chi connectivity index (χ2n) is 5.72. The van der Waals surface area contributed by atoms with Crippen molar-refractivity contribution in [2.24, 2.45) is 0 Å². The number of ether oxygens (including phenoxy) is 1. The second kappa shape index (κ2) is 8.63. The van der Waals surface area contributed by atoms with E-state index in [9.17, 15) is 14.4 Å². The van der Waals surface area contributed by atoms with E-state index in [1.54, 1.807) is 30.3 Å². The van der Waals surface area contributed by atoms with Gasteiger partial charge in [-0.1, -0.05) is 6.07 Å². The first-order chi connectivity index (χ1) is 13.6. The van der Waals surface area contributed by atoms with Crippen LogP contribution in [-0.4, -0.2) is 29.9 Å². The van der Waals surface area contributed by atoms with Crippen LogP contribution < -0.4 is 10.6 Å². The van der Waals surface area contributed by atoms with Crippen LogP contribution in [0.5, 0.6) is 0 Å². The molecule has 0 bridgehead atoms. The number of methoxy groups -OCH3 is 1. The van der Waals surface area contributed by atoms with Crippen LogP contribution in [0.15, 0.2) is 65.4 Å². The lowest BCUT2D eigenvalue weighted by atomic mass is 10.2. The molecule has 0 atom stereocenters. The van der Waals surface area contributed by atoms with Crippen molar-refractivity contribution < 1.29 is 23.5 Å². The van der Waals surface area contributed by atoms with Crippen molar-refractivity contribution in [3.63, 3.8) is 0 Å². The van der Waals surface area contributed by atoms with Crippen LogP contribution in [0.4, 0.5) is 5.69 Å². The Kier molecular flexibility index (Phi) is 5.81. The summed E-state index contributed by atoms with van der Waals surface area (Å²) < 4.78 is 9.82. The van der Waals surface area contributed by atoms with Gasteiger partial charge in [-0.15, -0.1) is 0 Å². The van der Waals surface area contributed by atoms with E-state index in [1.165, 1.54) is 37.8 Å². The maximum absolute atomic E-state index is 12.4. The third kappa shape index (κ3) is 4.61. The summed E-state index contributed by atoms with van der Waals surface area (Å²) in [6.45, 7) is 0.232. The van der Waals surface area contributed by atoms with Crippen LogP contribution in [-0.2, 0) is 11.3 Å². The fraction of sp³-hybridized carbons (Fsp3) is 0.100. The van der Waals surface area contributed by atoms with Crippen LogP contribution in [0.25, 0.3) is 0 Å². The molecule has 0 aliphatic carbocycles. The monoisotopic (exact) mass is 379 g/mol. The highest BCUT2D eigenvalue weighted by atomic mass is 16.5. The number of benzene rings is 1. The number of aromatic nitrogens is 1. The third-order valence-electron chi connectivity index (χ3n) is 3.80. The Morgan fingerprint density at radius 3 is 2.64 bits per heavy atom. The molecule has 28 heavy (non-hydrogen) atoms. The smallest absolute Gasteiger partial charge is 0.337 e. The van der Waals surface area contributed by atoms with Crippen molar-refractivity contribution in [2.45, 2.75) is 6.54 Å². The van der Waals surface area contributed by atoms with Gasteiger partial charge < -0.3 is 19.8 Å². The second-order valence-corrected chi connectivity index (χ2v) is 5.72. The topological polar surface area (TPSA) is 111 Å². The number of amides is 2. The van der Waals surface area contributed by atoms with Crippen LogP contribution >= 0.6 is 0 Å². The van der Waals surface area contributed by atoms with E-state index in [4.69, 9.17) is 4.42 Å². The van der Waals surface area contributed by atoms with E-state index in [0.717, 1.165) is 0 Å². The van der Waals surface area contributed by atoms with Crippen LogP contribution in [0.1, 0.15) is 37.0 Å². The maximum atomic E-state index is 12.4. The number of furan rings is 1. The summed E-state index contributed by atoms with van der Waals surface area (Å²) in [5, 5.41) is 5.34. The van der Waals surface area contributed by atoms with Gasteiger partial charge in [-0.25, -0.2) is 4.79 Å². The minimum Gasteiger partial charge on any atom is -0.467 e. The molecule has 0 unspecified atom stereocenters. The molecular weight excluding hydrogens is 362 g/mol. The number of carbonyl (C=O) groups is 3. The minimum atomic E-state index is -0.511. The molecule has 3 rings (SSSR count). The molecule has 8 heteroatoms. The molecule has 2 amide bonds. The highest BCUT2D eigenvalue weighted by Gasteiger charge is 2.13. The Labute approximate surface area is 160 Å². The largest absolute Gasteiger partial charge is 0.467 e. The molecule has 8 nitrogen and oxygen atoms in total. The molecule has 0 aliphatic heterocycles. The molecule has 0 aliphatic rings. The SMILES string of the molecule is COC(=O)c1cccc(NC(=O)c2cc(C(=O)NCc3ccco3)ccn2)c1. The van der Waals surface area contributed by atoms with Gasteiger partial charge >= 0.3 is 5.97 Å². The third-order valence-corrected chi connectivity index (χ3v) is 3.80. The first kappa shape index (κ1) is 18.8. The first-order valence-corrected chi connectivity index (χ1v) is 8.33. The number of pyridine rings is 1. The molecule has 142 valence electrons. The molecule has 2 N–H and O–H groups in total. The minimum absolute atomic E-state index is 0.0640. The van der Waals surface area contributed by atoms with Gasteiger partial charge in [0.2, 0.25) is 0 Å². The maximum Gasteiger partial charge on any atom is 0.337 e. The van der Waals surface area contributed by atoms with E-state index >= 15 is 0 Å². The summed E-state index contributed by atoms with van der Waals surface area (Å²) in [5.41, 5.74) is 1.06. The number of anilines is 1. The predicted molar refractivity (Wildman–Crippen MR) is 99.8 cm³/mol. The fourth-order valence-corrected chi connectivity index (χ4v) is 2.42. The summed E-state index contributed by atoms with van der Waals surface area (Å²) >= 11 is 0. The molecule has 2 aromatic heterocycles. The molecule has 3 aromatic rings. The first-order valence-electron chi connectivity index (χ1n) is 8.33. The Bertz CT molecular complexity index is 999. The number of esters is 1. The number of rotatable bonds is 6. The molecule has 0 fully saturated rings. The van der Waals surface area contributed by atoms with Gasteiger partial charge in [0.15, 0.2) is 0 Å². The fourth-order valence-electron chi connectivity index (χ4n) is 2.42. The van der Waals surface area contributed by atoms with Gasteiger partial charge in [0.1, 0.15) is 11.5 Å². The van der Waals surface area contributed by atoms with Crippen molar-refractivity contribution in [3.05, 3.63) is 83.6 Å². The van der Waals surface area contributed by atoms with Crippen LogP contribution in [0.3, 0.4) is 0 Å². The summed E-state index contributed by atoms with van der Waals surface area (Å²) in [7, 11) is 1.28. The Hall–Kier alpha value is -3.94. The van der Waals surface area contributed by atoms with E-state index < -0.39 is 11.9 Å². The van der Waals surface area contributed by atoms with Gasteiger partial charge in [-0.2, -0.15) is 0 Å². The van der Waals surface area contributed by atoms with E-state index in [1.807, 2.05) is 0 Å². The lowest BCUT2D eigenvalue weighted by Gasteiger charge is -2.08. The van der Waals surface area contributed by atoms with E-state index in [2.05, 4.69) is 20.4 Å². The van der Waals surface area contributed by atoms with Gasteiger partial charge in [0.25, 0.3) is 11.8 Å². The molecular formula is C20H17N3O5. The standard InChI is InChI=1S/C20H17N3O5/c1-27-20(26)14-4-2-5-15(10-14)23-19(25)17-11-13(7-8-21-17)18(24)22-12-16-6-3-9-28-16/h2-11H,12H2,1H3,(H,22,24)(H,23,25). The lowest BCUT2D eigenvalue weighted by molar-refractivity contribution is 0.0600. The number of carbonyl (C=O) groups excluding carboxylic acids is 3. The van der Waals surface area contributed by atoms with Crippen LogP contribution in [0.2, 0.25) is 0 Å². The van der Waals surface area contributed by atoms with E-state index in [-0.39, 0.29) is 23.7 Å². The number of hydrogen-bond acceptors (Lipinski definition) is 6. The zero-order chi connectivity index (χ0) is 19.9. The zero-order valence-electron chi connectivity index (χ0n) is 15.0. The highest BCUT2D eigenvalue weighted by Crippen LogP contribution is 2.13. The number of nitrogens with one attached hydrogen (secondary N) is 2. The van der Waals surface area contributed by atoms with Gasteiger partial charge in [0.05, 0.1) is 25.5 Å². The van der Waals surface area contributed by atoms with Crippen molar-refractivity contribution in [3.8, 4) is 0 Å². The van der Waals surface area contributed by atoms with Crippen molar-refractivity contribution in [2.75, 3.05) is 12.4 Å². The normalized spacial score (nSPS) is 10.2. The van der Waals surface area contributed by atoms with Crippen molar-refractivity contribution >= 4 is 23.5 Å². The molecule has 0 spiro atoms. The van der Waals surface area contributed by atoms with Gasteiger partial charge in [-0.3, -0.25) is 14.6 Å². The van der Waals surface area contributed by atoms with Crippen LogP contribution in [0, 0.1) is 0 Å². The molecule has 1 aromatic carbocycles. The Balaban J connectivity index is 1.68. The average Bonchev–Trinajstić information content (AvgIpc) is 3.25. The Morgan fingerprint density at radius 2 is 1.89 bits per heavy atom. The predicted octanol–water partition coefficient (Wildman–Crippen LogP) is 2.64. The van der Waals surface area contributed by atoms with Crippen molar-refractivity contribution in [1.82, 2.24) is 10.3 Å². The molecule has 0 saturated heterocycles. The summed E-state index contributed by atoms with van der Waals surface area (Å²) in [5.74, 6) is -0.765. The molecule has 0 radical (unpaired) electrons. The molecule has 2 heterocycles. The van der Waals surface area contributed by atoms with Gasteiger partial charge in [0, 0.05) is 17.4 Å². The Morgan fingerprint density at radius 1 is 1.04 bits per heavy atom. The summed E-state index contributed by atoms with van der Waals surface area (Å²) in [4.78, 5) is 40.3. The number of nitrogens with zero attached hydrogens (tertiary/aromatic N) is 1. The molecule has 0 saturated carbocycles. The van der Waals surface area contributed by atoms with Gasteiger partial charge in [-0.05, 0) is 42.5 Å². The number of hydrogen-bond donors (Lipinski definition) is 2. The van der Waals surface area contributed by atoms with E-state index in [0.29, 0.717) is 17.0 Å². The summed E-state index contributed by atoms with van der Waals surface area (Å²) in [6.07, 6.45) is 2.90. The lowest BCUT2D eigenvalue weighted by Crippen LogP contribution is -2.23. The highest BCUT2D eigenvalue weighted by molar-refractivity contribution is 6.05.